The van der Waals surface area contributed by atoms with E-state index in [0.29, 0.717) is 5.41 Å². The lowest BCUT2D eigenvalue weighted by atomic mass is 9.70. The number of hydrogen-bond acceptors (Lipinski definition) is 1. The van der Waals surface area contributed by atoms with Crippen molar-refractivity contribution in [3.8, 4) is 0 Å². The fourth-order valence-electron chi connectivity index (χ4n) is 3.01. The molecule has 0 N–H and O–H groups in total. The molecule has 1 saturated carbocycles. The van der Waals surface area contributed by atoms with Gasteiger partial charge in [0.05, 0.1) is 0 Å². The molecule has 0 aromatic carbocycles. The third-order valence-corrected chi connectivity index (χ3v) is 5.68. The van der Waals surface area contributed by atoms with Gasteiger partial charge < -0.3 is 0 Å². The van der Waals surface area contributed by atoms with Gasteiger partial charge in [0.2, 0.25) is 0 Å². The highest BCUT2D eigenvalue weighted by atomic mass is 32.2. The molecule has 2 fully saturated rings. The van der Waals surface area contributed by atoms with Crippen molar-refractivity contribution >= 4 is 11.8 Å². The van der Waals surface area contributed by atoms with Crippen LogP contribution in [0.25, 0.3) is 0 Å². The largest absolute Gasteiger partial charge is 0.161 e. The van der Waals surface area contributed by atoms with Crippen molar-refractivity contribution in [2.45, 2.75) is 33.6 Å². The third kappa shape index (κ3) is 1.13. The molecule has 1 heterocycles. The second kappa shape index (κ2) is 2.94. The normalized spacial score (nSPS) is 47.0. The van der Waals surface area contributed by atoms with Crippen LogP contribution in [0.4, 0.5) is 0 Å². The van der Waals surface area contributed by atoms with Crippen LogP contribution in [0.15, 0.2) is 0 Å². The molecule has 0 bridgehead atoms. The summed E-state index contributed by atoms with van der Waals surface area (Å²) in [6, 6.07) is 0. The Morgan fingerprint density at radius 1 is 1.33 bits per heavy atom. The van der Waals surface area contributed by atoms with Gasteiger partial charge in [0.1, 0.15) is 0 Å². The standard InChI is InChI=1S/C11H20S/c1-8(2)11(3)5-4-9-6-12-7-10(9)11/h8-10H,4-7H2,1-3H3. The first kappa shape index (κ1) is 8.93. The topological polar surface area (TPSA) is 0 Å². The Morgan fingerprint density at radius 2 is 2.08 bits per heavy atom. The lowest BCUT2D eigenvalue weighted by Crippen LogP contribution is -2.30. The van der Waals surface area contributed by atoms with Crippen LogP contribution in [0.3, 0.4) is 0 Å². The zero-order chi connectivity index (χ0) is 8.77. The Morgan fingerprint density at radius 3 is 2.75 bits per heavy atom. The van der Waals surface area contributed by atoms with Crippen molar-refractivity contribution in [3.05, 3.63) is 0 Å². The highest BCUT2D eigenvalue weighted by Crippen LogP contribution is 2.56. The van der Waals surface area contributed by atoms with Gasteiger partial charge in [0.15, 0.2) is 0 Å². The summed E-state index contributed by atoms with van der Waals surface area (Å²) in [5, 5.41) is 0. The highest BCUT2D eigenvalue weighted by Gasteiger charge is 2.48. The maximum Gasteiger partial charge on any atom is -0.00308 e. The molecule has 0 aromatic heterocycles. The molecule has 1 heteroatoms. The van der Waals surface area contributed by atoms with Gasteiger partial charge in [-0.15, -0.1) is 0 Å². The van der Waals surface area contributed by atoms with Crippen LogP contribution in [0, 0.1) is 23.2 Å². The Bertz CT molecular complexity index is 176. The summed E-state index contributed by atoms with van der Waals surface area (Å²) < 4.78 is 0. The minimum atomic E-state index is 0.675. The molecule has 1 aliphatic heterocycles. The summed E-state index contributed by atoms with van der Waals surface area (Å²) in [5.41, 5.74) is 0.675. The van der Waals surface area contributed by atoms with Crippen LogP contribution in [0.1, 0.15) is 33.6 Å². The van der Waals surface area contributed by atoms with Crippen LogP contribution in [-0.4, -0.2) is 11.5 Å². The van der Waals surface area contributed by atoms with Gasteiger partial charge in [-0.25, -0.2) is 0 Å². The average Bonchev–Trinajstić information content (AvgIpc) is 2.54. The summed E-state index contributed by atoms with van der Waals surface area (Å²) in [7, 11) is 0. The van der Waals surface area contributed by atoms with Gasteiger partial charge in [-0.3, -0.25) is 0 Å². The average molecular weight is 184 g/mol. The first-order valence-corrected chi connectivity index (χ1v) is 6.38. The summed E-state index contributed by atoms with van der Waals surface area (Å²) in [5.74, 6) is 5.89. The Kier molecular flexibility index (Phi) is 2.18. The Labute approximate surface area is 80.5 Å². The molecule has 3 atom stereocenters. The van der Waals surface area contributed by atoms with E-state index >= 15 is 0 Å². The monoisotopic (exact) mass is 184 g/mol. The van der Waals surface area contributed by atoms with Crippen molar-refractivity contribution in [1.82, 2.24) is 0 Å². The van der Waals surface area contributed by atoms with E-state index in [1.54, 1.807) is 0 Å². The van der Waals surface area contributed by atoms with E-state index in [0.717, 1.165) is 17.8 Å². The Hall–Kier alpha value is 0.350. The van der Waals surface area contributed by atoms with Crippen molar-refractivity contribution in [2.75, 3.05) is 11.5 Å². The minimum absolute atomic E-state index is 0.675. The summed E-state index contributed by atoms with van der Waals surface area (Å²) in [6.45, 7) is 7.34. The second-order valence-corrected chi connectivity index (χ2v) is 6.18. The van der Waals surface area contributed by atoms with Crippen LogP contribution < -0.4 is 0 Å². The van der Waals surface area contributed by atoms with E-state index in [-0.39, 0.29) is 0 Å². The SMILES string of the molecule is CC(C)C1(C)CCC2CSCC21. The first-order chi connectivity index (χ1) is 5.64. The maximum absolute atomic E-state index is 2.52. The van der Waals surface area contributed by atoms with Crippen molar-refractivity contribution < 1.29 is 0 Å². The van der Waals surface area contributed by atoms with Gasteiger partial charge >= 0.3 is 0 Å². The van der Waals surface area contributed by atoms with Crippen LogP contribution in [0.5, 0.6) is 0 Å². The van der Waals surface area contributed by atoms with Gasteiger partial charge in [-0.05, 0) is 47.5 Å². The van der Waals surface area contributed by atoms with Crippen LogP contribution >= 0.6 is 11.8 Å². The molecule has 2 aliphatic rings. The van der Waals surface area contributed by atoms with Crippen molar-refractivity contribution in [2.24, 2.45) is 23.2 Å². The predicted octanol–water partition coefficient (Wildman–Crippen LogP) is 3.42. The Balaban J connectivity index is 2.17. The molecular formula is C11H20S. The van der Waals surface area contributed by atoms with E-state index in [1.807, 2.05) is 0 Å². The zero-order valence-electron chi connectivity index (χ0n) is 8.47. The number of rotatable bonds is 1. The molecule has 0 amide bonds. The molecule has 70 valence electrons. The van der Waals surface area contributed by atoms with Gasteiger partial charge in [-0.1, -0.05) is 20.8 Å². The molecule has 3 unspecified atom stereocenters. The summed E-state index contributed by atoms with van der Waals surface area (Å²) >= 11 is 2.19. The molecule has 0 spiro atoms. The second-order valence-electron chi connectivity index (χ2n) is 5.10. The molecule has 0 aromatic rings. The number of fused-ring (bicyclic) bond motifs is 1. The molecule has 1 aliphatic carbocycles. The minimum Gasteiger partial charge on any atom is -0.161 e. The van der Waals surface area contributed by atoms with Gasteiger partial charge in [0, 0.05) is 0 Å². The predicted molar refractivity (Wildman–Crippen MR) is 56.5 cm³/mol. The summed E-state index contributed by atoms with van der Waals surface area (Å²) in [6.07, 6.45) is 2.99. The highest BCUT2D eigenvalue weighted by molar-refractivity contribution is 7.99. The van der Waals surface area contributed by atoms with E-state index in [2.05, 4.69) is 32.5 Å². The van der Waals surface area contributed by atoms with E-state index in [9.17, 15) is 0 Å². The first-order valence-electron chi connectivity index (χ1n) is 5.22. The molecule has 0 radical (unpaired) electrons. The zero-order valence-corrected chi connectivity index (χ0v) is 9.29. The van der Waals surface area contributed by atoms with E-state index in [4.69, 9.17) is 0 Å². The lowest BCUT2D eigenvalue weighted by molar-refractivity contribution is 0.152. The van der Waals surface area contributed by atoms with Crippen molar-refractivity contribution in [1.29, 1.82) is 0 Å². The fourth-order valence-corrected chi connectivity index (χ4v) is 4.76. The van der Waals surface area contributed by atoms with Gasteiger partial charge in [0.25, 0.3) is 0 Å². The van der Waals surface area contributed by atoms with Crippen LogP contribution in [-0.2, 0) is 0 Å². The molecule has 12 heavy (non-hydrogen) atoms. The molecule has 0 nitrogen and oxygen atoms in total. The van der Waals surface area contributed by atoms with Gasteiger partial charge in [-0.2, -0.15) is 11.8 Å². The molecule has 2 rings (SSSR count). The van der Waals surface area contributed by atoms with Crippen LogP contribution in [0.2, 0.25) is 0 Å². The molecular weight excluding hydrogens is 164 g/mol. The lowest BCUT2D eigenvalue weighted by Gasteiger charge is -2.35. The number of thioether (sulfide) groups is 1. The molecule has 1 saturated heterocycles. The number of hydrogen-bond donors (Lipinski definition) is 0. The third-order valence-electron chi connectivity index (χ3n) is 4.42. The van der Waals surface area contributed by atoms with Crippen molar-refractivity contribution in [3.63, 3.8) is 0 Å². The quantitative estimate of drug-likeness (QED) is 0.601. The maximum atomic E-state index is 2.52. The smallest absolute Gasteiger partial charge is 0.00308 e. The summed E-state index contributed by atoms with van der Waals surface area (Å²) in [4.78, 5) is 0. The van der Waals surface area contributed by atoms with E-state index < -0.39 is 0 Å². The fraction of sp³-hybridized carbons (Fsp3) is 1.00. The van der Waals surface area contributed by atoms with E-state index in [1.165, 1.54) is 24.3 Å².